The second-order valence-electron chi connectivity index (χ2n) is 4.98. The van der Waals surface area contributed by atoms with Crippen molar-refractivity contribution in [3.05, 3.63) is 0 Å². The molecule has 1 saturated heterocycles. The van der Waals surface area contributed by atoms with E-state index in [9.17, 15) is 4.79 Å². The van der Waals surface area contributed by atoms with Crippen LogP contribution in [0.25, 0.3) is 0 Å². The normalized spacial score (nSPS) is 24.6. The third-order valence-corrected chi connectivity index (χ3v) is 2.62. The fraction of sp³-hybridized carbons (Fsp3) is 0.900. The summed E-state index contributed by atoms with van der Waals surface area (Å²) in [6.07, 6.45) is 0.293. The van der Waals surface area contributed by atoms with Crippen molar-refractivity contribution in [1.29, 1.82) is 0 Å². The highest BCUT2D eigenvalue weighted by Gasteiger charge is 2.36. The standard InChI is InChI=1S/C10H20N2O2/c1-10(2,3)8(14-9(11)13)7-4-5-12-6-7/h7-8,12H,4-6H2,1-3H3,(H2,11,13)/t7?,8-/m1/s1. The lowest BCUT2D eigenvalue weighted by Crippen LogP contribution is -2.40. The molecule has 1 unspecified atom stereocenters. The Bertz CT molecular complexity index is 205. The Labute approximate surface area is 85.2 Å². The molecule has 0 saturated carbocycles. The maximum absolute atomic E-state index is 10.8. The molecule has 0 bridgehead atoms. The van der Waals surface area contributed by atoms with Gasteiger partial charge in [0.1, 0.15) is 6.10 Å². The van der Waals surface area contributed by atoms with Gasteiger partial charge in [-0.3, -0.25) is 0 Å². The molecule has 0 aromatic carbocycles. The minimum Gasteiger partial charge on any atom is -0.445 e. The van der Waals surface area contributed by atoms with Crippen molar-refractivity contribution in [1.82, 2.24) is 5.32 Å². The molecule has 0 aliphatic carbocycles. The predicted molar refractivity (Wildman–Crippen MR) is 54.9 cm³/mol. The molecule has 0 aromatic rings. The van der Waals surface area contributed by atoms with Gasteiger partial charge in [0.05, 0.1) is 0 Å². The van der Waals surface area contributed by atoms with E-state index >= 15 is 0 Å². The van der Waals surface area contributed by atoms with E-state index in [0.717, 1.165) is 19.5 Å². The molecule has 82 valence electrons. The van der Waals surface area contributed by atoms with Crippen molar-refractivity contribution >= 4 is 6.09 Å². The molecule has 1 fully saturated rings. The average Bonchev–Trinajstić information content (AvgIpc) is 2.49. The van der Waals surface area contributed by atoms with Crippen LogP contribution < -0.4 is 11.1 Å². The Morgan fingerprint density at radius 3 is 2.57 bits per heavy atom. The minimum atomic E-state index is -0.670. The van der Waals surface area contributed by atoms with Gasteiger partial charge < -0.3 is 15.8 Å². The Balaban J connectivity index is 2.65. The van der Waals surface area contributed by atoms with Crippen LogP contribution in [0.4, 0.5) is 4.79 Å². The number of amides is 1. The van der Waals surface area contributed by atoms with Crippen molar-refractivity contribution in [3.8, 4) is 0 Å². The van der Waals surface area contributed by atoms with Crippen LogP contribution in [0, 0.1) is 11.3 Å². The molecule has 2 atom stereocenters. The number of carbonyl (C=O) groups excluding carboxylic acids is 1. The van der Waals surface area contributed by atoms with Gasteiger partial charge in [0.2, 0.25) is 0 Å². The third kappa shape index (κ3) is 2.87. The van der Waals surface area contributed by atoms with E-state index in [1.54, 1.807) is 0 Å². The lowest BCUT2D eigenvalue weighted by Gasteiger charge is -2.33. The average molecular weight is 200 g/mol. The quantitative estimate of drug-likeness (QED) is 0.701. The number of hydrogen-bond donors (Lipinski definition) is 2. The molecule has 3 N–H and O–H groups in total. The molecule has 1 heterocycles. The van der Waals surface area contributed by atoms with Gasteiger partial charge in [0.25, 0.3) is 0 Å². The molecule has 0 spiro atoms. The highest BCUT2D eigenvalue weighted by Crippen LogP contribution is 2.31. The lowest BCUT2D eigenvalue weighted by atomic mass is 9.80. The second kappa shape index (κ2) is 4.17. The molecule has 1 amide bonds. The van der Waals surface area contributed by atoms with Gasteiger partial charge in [-0.1, -0.05) is 20.8 Å². The summed E-state index contributed by atoms with van der Waals surface area (Å²) in [5.41, 5.74) is 5.03. The SMILES string of the molecule is CC(C)(C)[C@H](OC(N)=O)C1CCNC1. The molecule has 4 nitrogen and oxygen atoms in total. The molecule has 0 aromatic heterocycles. The number of hydrogen-bond acceptors (Lipinski definition) is 3. The Morgan fingerprint density at radius 2 is 2.21 bits per heavy atom. The van der Waals surface area contributed by atoms with Crippen molar-refractivity contribution < 1.29 is 9.53 Å². The largest absolute Gasteiger partial charge is 0.445 e. The van der Waals surface area contributed by atoms with E-state index in [4.69, 9.17) is 10.5 Å². The predicted octanol–water partition coefficient (Wildman–Crippen LogP) is 1.11. The molecule has 0 radical (unpaired) electrons. The second-order valence-corrected chi connectivity index (χ2v) is 4.98. The van der Waals surface area contributed by atoms with Gasteiger partial charge >= 0.3 is 6.09 Å². The van der Waals surface area contributed by atoms with E-state index < -0.39 is 6.09 Å². The van der Waals surface area contributed by atoms with Crippen LogP contribution in [0.15, 0.2) is 0 Å². The summed E-state index contributed by atoms with van der Waals surface area (Å²) in [4.78, 5) is 10.8. The fourth-order valence-corrected chi connectivity index (χ4v) is 2.04. The van der Waals surface area contributed by atoms with Gasteiger partial charge in [-0.25, -0.2) is 4.79 Å². The molecule has 1 rings (SSSR count). The molecule has 14 heavy (non-hydrogen) atoms. The van der Waals surface area contributed by atoms with Crippen LogP contribution in [-0.2, 0) is 4.74 Å². The summed E-state index contributed by atoms with van der Waals surface area (Å²) < 4.78 is 5.20. The fourth-order valence-electron chi connectivity index (χ4n) is 2.04. The lowest BCUT2D eigenvalue weighted by molar-refractivity contribution is 0.00197. The highest BCUT2D eigenvalue weighted by atomic mass is 16.6. The third-order valence-electron chi connectivity index (χ3n) is 2.62. The van der Waals surface area contributed by atoms with Crippen molar-refractivity contribution in [3.63, 3.8) is 0 Å². The van der Waals surface area contributed by atoms with Crippen LogP contribution >= 0.6 is 0 Å². The van der Waals surface area contributed by atoms with E-state index in [2.05, 4.69) is 26.1 Å². The van der Waals surface area contributed by atoms with Crippen molar-refractivity contribution in [2.45, 2.75) is 33.3 Å². The number of nitrogens with two attached hydrogens (primary N) is 1. The summed E-state index contributed by atoms with van der Waals surface area (Å²) in [5, 5.41) is 3.27. The first-order valence-corrected chi connectivity index (χ1v) is 5.08. The molecule has 1 aliphatic rings. The smallest absolute Gasteiger partial charge is 0.404 e. The molecular weight excluding hydrogens is 180 g/mol. The summed E-state index contributed by atoms with van der Waals surface area (Å²) >= 11 is 0. The number of ether oxygens (including phenoxy) is 1. The van der Waals surface area contributed by atoms with Crippen LogP contribution in [-0.4, -0.2) is 25.3 Å². The van der Waals surface area contributed by atoms with E-state index in [-0.39, 0.29) is 11.5 Å². The van der Waals surface area contributed by atoms with Crippen molar-refractivity contribution in [2.24, 2.45) is 17.1 Å². The molecular formula is C10H20N2O2. The van der Waals surface area contributed by atoms with Gasteiger partial charge in [0, 0.05) is 12.5 Å². The van der Waals surface area contributed by atoms with E-state index in [1.807, 2.05) is 0 Å². The summed E-state index contributed by atoms with van der Waals surface area (Å²) in [5.74, 6) is 0.391. The topological polar surface area (TPSA) is 64.3 Å². The summed E-state index contributed by atoms with van der Waals surface area (Å²) in [6, 6.07) is 0. The van der Waals surface area contributed by atoms with Gasteiger partial charge in [-0.15, -0.1) is 0 Å². The molecule has 1 aliphatic heterocycles. The monoisotopic (exact) mass is 200 g/mol. The first-order valence-electron chi connectivity index (χ1n) is 5.08. The van der Waals surface area contributed by atoms with E-state index in [1.165, 1.54) is 0 Å². The number of primary amides is 1. The zero-order chi connectivity index (χ0) is 10.8. The van der Waals surface area contributed by atoms with Gasteiger partial charge in [-0.2, -0.15) is 0 Å². The zero-order valence-electron chi connectivity index (χ0n) is 9.17. The Kier molecular flexibility index (Phi) is 3.37. The van der Waals surface area contributed by atoms with Crippen LogP contribution in [0.2, 0.25) is 0 Å². The first-order chi connectivity index (χ1) is 6.41. The first kappa shape index (κ1) is 11.3. The van der Waals surface area contributed by atoms with Crippen molar-refractivity contribution in [2.75, 3.05) is 13.1 Å². The van der Waals surface area contributed by atoms with Gasteiger partial charge in [-0.05, 0) is 18.4 Å². The Hall–Kier alpha value is -0.770. The number of carbonyl (C=O) groups is 1. The maximum Gasteiger partial charge on any atom is 0.404 e. The maximum atomic E-state index is 10.8. The minimum absolute atomic E-state index is 0.0499. The van der Waals surface area contributed by atoms with Gasteiger partial charge in [0.15, 0.2) is 0 Å². The van der Waals surface area contributed by atoms with Crippen LogP contribution in [0.5, 0.6) is 0 Å². The highest BCUT2D eigenvalue weighted by molar-refractivity contribution is 5.64. The van der Waals surface area contributed by atoms with Crippen LogP contribution in [0.1, 0.15) is 27.2 Å². The van der Waals surface area contributed by atoms with Crippen LogP contribution in [0.3, 0.4) is 0 Å². The number of rotatable bonds is 2. The summed E-state index contributed by atoms with van der Waals surface area (Å²) in [7, 11) is 0. The zero-order valence-corrected chi connectivity index (χ0v) is 9.17. The summed E-state index contributed by atoms with van der Waals surface area (Å²) in [6.45, 7) is 8.12. The number of nitrogens with one attached hydrogen (secondary N) is 1. The van der Waals surface area contributed by atoms with E-state index in [0.29, 0.717) is 5.92 Å². The Morgan fingerprint density at radius 1 is 1.57 bits per heavy atom. The molecule has 4 heteroatoms.